The molecule has 3 aromatic rings. The van der Waals surface area contributed by atoms with Crippen molar-refractivity contribution in [2.75, 3.05) is 31.3 Å². The van der Waals surface area contributed by atoms with E-state index in [-0.39, 0.29) is 41.8 Å². The molecule has 0 aliphatic carbocycles. The molecule has 1 aromatic carbocycles. The molecular formula is C24H26FN3O6S. The normalized spacial score (nSPS) is 11.3. The standard InChI is InChI=1S/C24H26FN3O6S/c1-5-15-14-18-20(23(30)26-2)21(16-9-11-17(25)12-10-16)34-24(18)27-22(15)28(35(4,31)32)13-7-6-8-19(29)33-3/h5,9-12,14H,1,6-8,13H2,2-4H3,(H,26,30). The van der Waals surface area contributed by atoms with Crippen LogP contribution in [0, 0.1) is 5.82 Å². The van der Waals surface area contributed by atoms with Gasteiger partial charge in [0.2, 0.25) is 15.7 Å². The van der Waals surface area contributed by atoms with Crippen molar-refractivity contribution in [3.63, 3.8) is 0 Å². The zero-order valence-corrected chi connectivity index (χ0v) is 20.4. The van der Waals surface area contributed by atoms with Crippen LogP contribution in [0.3, 0.4) is 0 Å². The number of hydrogen-bond acceptors (Lipinski definition) is 7. The number of carbonyl (C=O) groups excluding carboxylic acids is 2. The summed E-state index contributed by atoms with van der Waals surface area (Å²) in [7, 11) is -1.01. The van der Waals surface area contributed by atoms with Crippen molar-refractivity contribution in [2.24, 2.45) is 0 Å². The Morgan fingerprint density at radius 1 is 1.26 bits per heavy atom. The summed E-state index contributed by atoms with van der Waals surface area (Å²) in [6.45, 7) is 3.83. The molecule has 0 saturated carbocycles. The van der Waals surface area contributed by atoms with Crippen LogP contribution in [0.2, 0.25) is 0 Å². The molecule has 11 heteroatoms. The largest absolute Gasteiger partial charge is 0.469 e. The summed E-state index contributed by atoms with van der Waals surface area (Å²) in [6, 6.07) is 7.00. The second kappa shape index (κ2) is 10.7. The quantitative estimate of drug-likeness (QED) is 0.331. The van der Waals surface area contributed by atoms with Crippen LogP contribution in [-0.4, -0.2) is 52.2 Å². The zero-order chi connectivity index (χ0) is 25.8. The van der Waals surface area contributed by atoms with Crippen molar-refractivity contribution in [1.82, 2.24) is 10.3 Å². The predicted molar refractivity (Wildman–Crippen MR) is 131 cm³/mol. The van der Waals surface area contributed by atoms with Gasteiger partial charge < -0.3 is 14.5 Å². The molecule has 9 nitrogen and oxygen atoms in total. The first-order chi connectivity index (χ1) is 16.6. The fourth-order valence-corrected chi connectivity index (χ4v) is 4.51. The Balaban J connectivity index is 2.13. The molecule has 0 fully saturated rings. The lowest BCUT2D eigenvalue weighted by molar-refractivity contribution is -0.140. The number of methoxy groups -OCH3 is 1. The molecule has 0 unspecified atom stereocenters. The summed E-state index contributed by atoms with van der Waals surface area (Å²) in [5.74, 6) is -1.03. The fraction of sp³-hybridized carbons (Fsp3) is 0.292. The summed E-state index contributed by atoms with van der Waals surface area (Å²) in [5, 5.41) is 2.91. The highest BCUT2D eigenvalue weighted by Crippen LogP contribution is 2.36. The van der Waals surface area contributed by atoms with E-state index in [2.05, 4.69) is 21.6 Å². The number of halogens is 1. The van der Waals surface area contributed by atoms with Crippen LogP contribution in [0.15, 0.2) is 41.3 Å². The average molecular weight is 504 g/mol. The Morgan fingerprint density at radius 3 is 2.51 bits per heavy atom. The molecule has 0 spiro atoms. The van der Waals surface area contributed by atoms with Crippen molar-refractivity contribution >= 4 is 44.9 Å². The number of sulfonamides is 1. The van der Waals surface area contributed by atoms with Gasteiger partial charge in [-0.05, 0) is 43.2 Å². The van der Waals surface area contributed by atoms with Gasteiger partial charge in [-0.1, -0.05) is 12.7 Å². The van der Waals surface area contributed by atoms with E-state index in [4.69, 9.17) is 4.42 Å². The van der Waals surface area contributed by atoms with Crippen molar-refractivity contribution in [3.8, 4) is 11.3 Å². The highest BCUT2D eigenvalue weighted by Gasteiger charge is 2.27. The Bertz CT molecular complexity index is 1370. The van der Waals surface area contributed by atoms with Gasteiger partial charge in [0.15, 0.2) is 5.82 Å². The molecule has 1 amide bonds. The number of fused-ring (bicyclic) bond motifs is 1. The molecule has 0 radical (unpaired) electrons. The van der Waals surface area contributed by atoms with E-state index in [0.717, 1.165) is 10.6 Å². The lowest BCUT2D eigenvalue weighted by atomic mass is 10.0. The number of carbonyl (C=O) groups is 2. The van der Waals surface area contributed by atoms with Crippen LogP contribution < -0.4 is 9.62 Å². The number of hydrogen-bond donors (Lipinski definition) is 1. The molecule has 1 N–H and O–H groups in total. The number of unbranched alkanes of at least 4 members (excludes halogenated alkanes) is 1. The molecule has 186 valence electrons. The number of anilines is 1. The molecule has 0 aliphatic heterocycles. The van der Waals surface area contributed by atoms with Crippen LogP contribution in [0.5, 0.6) is 0 Å². The molecule has 0 atom stereocenters. The highest BCUT2D eigenvalue weighted by atomic mass is 32.2. The van der Waals surface area contributed by atoms with E-state index in [1.165, 1.54) is 44.5 Å². The van der Waals surface area contributed by atoms with Crippen LogP contribution in [0.1, 0.15) is 35.2 Å². The maximum absolute atomic E-state index is 13.5. The Kier molecular flexibility index (Phi) is 7.90. The molecule has 0 saturated heterocycles. The number of furan rings is 1. The summed E-state index contributed by atoms with van der Waals surface area (Å²) >= 11 is 0. The summed E-state index contributed by atoms with van der Waals surface area (Å²) in [5.41, 5.74) is 1.03. The van der Waals surface area contributed by atoms with E-state index in [1.807, 2.05) is 0 Å². The maximum atomic E-state index is 13.5. The van der Waals surface area contributed by atoms with Crippen LogP contribution >= 0.6 is 0 Å². The summed E-state index contributed by atoms with van der Waals surface area (Å²) in [4.78, 5) is 28.6. The molecule has 0 bridgehead atoms. The van der Waals surface area contributed by atoms with E-state index in [0.29, 0.717) is 29.4 Å². The third-order valence-corrected chi connectivity index (χ3v) is 6.48. The first-order valence-corrected chi connectivity index (χ1v) is 12.6. The van der Waals surface area contributed by atoms with E-state index in [1.54, 1.807) is 6.07 Å². The second-order valence-corrected chi connectivity index (χ2v) is 9.63. The third-order valence-electron chi connectivity index (χ3n) is 5.33. The van der Waals surface area contributed by atoms with Gasteiger partial charge in [-0.25, -0.2) is 12.8 Å². The number of rotatable bonds is 10. The molecule has 2 aromatic heterocycles. The summed E-state index contributed by atoms with van der Waals surface area (Å²) < 4.78 is 50.4. The lowest BCUT2D eigenvalue weighted by Crippen LogP contribution is -2.32. The average Bonchev–Trinajstić information content (AvgIpc) is 3.20. The van der Waals surface area contributed by atoms with Gasteiger partial charge in [-0.2, -0.15) is 4.98 Å². The highest BCUT2D eigenvalue weighted by molar-refractivity contribution is 7.92. The van der Waals surface area contributed by atoms with Crippen LogP contribution in [0.4, 0.5) is 10.2 Å². The van der Waals surface area contributed by atoms with Gasteiger partial charge in [0, 0.05) is 31.1 Å². The van der Waals surface area contributed by atoms with Crippen LogP contribution in [-0.2, 0) is 19.6 Å². The van der Waals surface area contributed by atoms with Gasteiger partial charge in [0.1, 0.15) is 11.6 Å². The van der Waals surface area contributed by atoms with Crippen molar-refractivity contribution < 1.29 is 31.6 Å². The fourth-order valence-electron chi connectivity index (χ4n) is 3.59. The number of amides is 1. The molecule has 3 rings (SSSR count). The monoisotopic (exact) mass is 503 g/mol. The lowest BCUT2D eigenvalue weighted by Gasteiger charge is -2.23. The zero-order valence-electron chi connectivity index (χ0n) is 19.6. The number of esters is 1. The van der Waals surface area contributed by atoms with Gasteiger partial charge >= 0.3 is 5.97 Å². The number of nitrogens with zero attached hydrogens (tertiary/aromatic N) is 2. The SMILES string of the molecule is C=Cc1cc2c(C(=O)NC)c(-c3ccc(F)cc3)oc2nc1N(CCCCC(=O)OC)S(C)(=O)=O. The number of pyridine rings is 1. The molecule has 0 aliphatic rings. The third kappa shape index (κ3) is 5.68. The van der Waals surface area contributed by atoms with E-state index >= 15 is 0 Å². The van der Waals surface area contributed by atoms with Gasteiger partial charge in [0.05, 0.1) is 24.3 Å². The minimum Gasteiger partial charge on any atom is -0.469 e. The van der Waals surface area contributed by atoms with Gasteiger partial charge in [-0.3, -0.25) is 13.9 Å². The van der Waals surface area contributed by atoms with E-state index in [9.17, 15) is 22.4 Å². The first-order valence-electron chi connectivity index (χ1n) is 10.7. The number of benzene rings is 1. The van der Waals surface area contributed by atoms with Crippen molar-refractivity contribution in [2.45, 2.75) is 19.3 Å². The number of nitrogens with one attached hydrogen (secondary N) is 1. The minimum atomic E-state index is -3.76. The topological polar surface area (TPSA) is 119 Å². The molecular weight excluding hydrogens is 477 g/mol. The number of ether oxygens (including phenoxy) is 1. The number of aromatic nitrogens is 1. The Labute approximate surface area is 202 Å². The second-order valence-electron chi connectivity index (χ2n) is 7.72. The van der Waals surface area contributed by atoms with Crippen LogP contribution in [0.25, 0.3) is 28.5 Å². The smallest absolute Gasteiger partial charge is 0.305 e. The van der Waals surface area contributed by atoms with Crippen molar-refractivity contribution in [3.05, 3.63) is 53.9 Å². The minimum absolute atomic E-state index is 0.0340. The Hall–Kier alpha value is -3.73. The van der Waals surface area contributed by atoms with Crippen molar-refractivity contribution in [1.29, 1.82) is 0 Å². The van der Waals surface area contributed by atoms with Gasteiger partial charge in [0.25, 0.3) is 5.91 Å². The first kappa shape index (κ1) is 25.9. The summed E-state index contributed by atoms with van der Waals surface area (Å²) in [6.07, 6.45) is 3.44. The molecule has 35 heavy (non-hydrogen) atoms. The van der Waals surface area contributed by atoms with Gasteiger partial charge in [-0.15, -0.1) is 0 Å². The maximum Gasteiger partial charge on any atom is 0.305 e. The molecule has 2 heterocycles. The predicted octanol–water partition coefficient (Wildman–Crippen LogP) is 3.75. The Morgan fingerprint density at radius 2 is 1.94 bits per heavy atom. The van der Waals surface area contributed by atoms with E-state index < -0.39 is 21.7 Å².